The SMILES string of the molecule is Cl.O=C(O)C1CCC2(CCCN2)CC1. The topological polar surface area (TPSA) is 49.3 Å². The molecule has 0 amide bonds. The highest BCUT2D eigenvalue weighted by atomic mass is 35.5. The molecule has 2 N–H and O–H groups in total. The van der Waals surface area contributed by atoms with E-state index >= 15 is 0 Å². The minimum Gasteiger partial charge on any atom is -0.481 e. The van der Waals surface area contributed by atoms with E-state index in [-0.39, 0.29) is 18.3 Å². The number of carboxylic acid groups (broad SMARTS) is 1. The lowest BCUT2D eigenvalue weighted by Crippen LogP contribution is -2.43. The van der Waals surface area contributed by atoms with Gasteiger partial charge in [0.05, 0.1) is 5.92 Å². The minimum atomic E-state index is -0.604. The Labute approximate surface area is 90.7 Å². The van der Waals surface area contributed by atoms with Gasteiger partial charge in [-0.1, -0.05) is 0 Å². The first-order valence-corrected chi connectivity index (χ1v) is 5.20. The first-order chi connectivity index (χ1) is 6.22. The zero-order chi connectivity index (χ0) is 9.31. The van der Waals surface area contributed by atoms with Gasteiger partial charge in [-0.3, -0.25) is 4.79 Å². The highest BCUT2D eigenvalue weighted by molar-refractivity contribution is 5.85. The average molecular weight is 220 g/mol. The lowest BCUT2D eigenvalue weighted by Gasteiger charge is -2.36. The predicted octanol–water partition coefficient (Wildman–Crippen LogP) is 1.81. The summed E-state index contributed by atoms with van der Waals surface area (Å²) in [5, 5.41) is 12.4. The molecular formula is C10H18ClNO2. The molecule has 0 aromatic heterocycles. The van der Waals surface area contributed by atoms with Crippen LogP contribution in [-0.2, 0) is 4.79 Å². The molecule has 0 radical (unpaired) electrons. The van der Waals surface area contributed by atoms with Gasteiger partial charge in [-0.15, -0.1) is 12.4 Å². The Hall–Kier alpha value is -0.280. The maximum Gasteiger partial charge on any atom is 0.306 e. The van der Waals surface area contributed by atoms with E-state index in [1.165, 1.54) is 12.8 Å². The molecule has 1 spiro atoms. The van der Waals surface area contributed by atoms with Crippen molar-refractivity contribution in [2.45, 2.75) is 44.1 Å². The Balaban J connectivity index is 0.000000980. The molecule has 1 saturated heterocycles. The van der Waals surface area contributed by atoms with Crippen molar-refractivity contribution in [3.63, 3.8) is 0 Å². The van der Waals surface area contributed by atoms with Crippen LogP contribution in [0.5, 0.6) is 0 Å². The number of carbonyl (C=O) groups is 1. The summed E-state index contributed by atoms with van der Waals surface area (Å²) in [6.07, 6.45) is 6.36. The predicted molar refractivity (Wildman–Crippen MR) is 56.8 cm³/mol. The Kier molecular flexibility index (Phi) is 3.78. The van der Waals surface area contributed by atoms with Crippen LogP contribution in [-0.4, -0.2) is 23.2 Å². The van der Waals surface area contributed by atoms with Gasteiger partial charge in [-0.05, 0) is 45.1 Å². The fourth-order valence-electron chi connectivity index (χ4n) is 2.71. The second kappa shape index (κ2) is 4.49. The Morgan fingerprint density at radius 3 is 2.36 bits per heavy atom. The van der Waals surface area contributed by atoms with Crippen molar-refractivity contribution in [1.82, 2.24) is 5.32 Å². The highest BCUT2D eigenvalue weighted by Crippen LogP contribution is 2.37. The summed E-state index contributed by atoms with van der Waals surface area (Å²) < 4.78 is 0. The maximum absolute atomic E-state index is 10.7. The van der Waals surface area contributed by atoms with Gasteiger partial charge < -0.3 is 10.4 Å². The maximum atomic E-state index is 10.7. The van der Waals surface area contributed by atoms with Crippen LogP contribution in [0.15, 0.2) is 0 Å². The van der Waals surface area contributed by atoms with E-state index in [2.05, 4.69) is 5.32 Å². The van der Waals surface area contributed by atoms with Crippen LogP contribution in [0.4, 0.5) is 0 Å². The van der Waals surface area contributed by atoms with Gasteiger partial charge in [-0.2, -0.15) is 0 Å². The molecule has 1 heterocycles. The first kappa shape index (κ1) is 11.8. The molecule has 2 fully saturated rings. The van der Waals surface area contributed by atoms with E-state index < -0.39 is 5.97 Å². The molecule has 1 saturated carbocycles. The number of halogens is 1. The number of carboxylic acids is 1. The van der Waals surface area contributed by atoms with Crippen LogP contribution in [0.1, 0.15) is 38.5 Å². The molecule has 0 aromatic rings. The van der Waals surface area contributed by atoms with E-state index in [1.807, 2.05) is 0 Å². The van der Waals surface area contributed by atoms with Gasteiger partial charge >= 0.3 is 5.97 Å². The number of rotatable bonds is 1. The van der Waals surface area contributed by atoms with Gasteiger partial charge in [0.2, 0.25) is 0 Å². The third-order valence-corrected chi connectivity index (χ3v) is 3.62. The molecule has 4 heteroatoms. The van der Waals surface area contributed by atoms with Crippen molar-refractivity contribution in [2.24, 2.45) is 5.92 Å². The quantitative estimate of drug-likeness (QED) is 0.707. The van der Waals surface area contributed by atoms with Crippen molar-refractivity contribution in [3.05, 3.63) is 0 Å². The van der Waals surface area contributed by atoms with Crippen molar-refractivity contribution in [3.8, 4) is 0 Å². The van der Waals surface area contributed by atoms with Gasteiger partial charge in [0.15, 0.2) is 0 Å². The Morgan fingerprint density at radius 2 is 1.93 bits per heavy atom. The number of hydrogen-bond donors (Lipinski definition) is 2. The molecule has 1 aliphatic heterocycles. The van der Waals surface area contributed by atoms with Gasteiger partial charge in [0.1, 0.15) is 0 Å². The second-order valence-corrected chi connectivity index (χ2v) is 4.42. The lowest BCUT2D eigenvalue weighted by atomic mass is 9.76. The normalized spacial score (nSPS) is 36.7. The van der Waals surface area contributed by atoms with E-state index in [0.717, 1.165) is 32.2 Å². The molecule has 0 unspecified atom stereocenters. The van der Waals surface area contributed by atoms with Crippen LogP contribution in [0.2, 0.25) is 0 Å². The summed E-state index contributed by atoms with van der Waals surface area (Å²) in [5.74, 6) is -0.680. The molecule has 3 nitrogen and oxygen atoms in total. The molecule has 0 atom stereocenters. The third kappa shape index (κ3) is 2.20. The van der Waals surface area contributed by atoms with E-state index in [0.29, 0.717) is 5.54 Å². The van der Waals surface area contributed by atoms with Crippen molar-refractivity contribution in [1.29, 1.82) is 0 Å². The van der Waals surface area contributed by atoms with Crippen molar-refractivity contribution >= 4 is 18.4 Å². The fraction of sp³-hybridized carbons (Fsp3) is 0.900. The molecule has 2 aliphatic rings. The van der Waals surface area contributed by atoms with Crippen LogP contribution >= 0.6 is 12.4 Å². The standard InChI is InChI=1S/C10H17NO2.ClH/c12-9(13)8-2-5-10(6-3-8)4-1-7-11-10;/h8,11H,1-7H2,(H,12,13);1H. The molecule has 14 heavy (non-hydrogen) atoms. The second-order valence-electron chi connectivity index (χ2n) is 4.42. The summed E-state index contributed by atoms with van der Waals surface area (Å²) >= 11 is 0. The number of hydrogen-bond acceptors (Lipinski definition) is 2. The van der Waals surface area contributed by atoms with E-state index in [4.69, 9.17) is 5.11 Å². The van der Waals surface area contributed by atoms with Crippen LogP contribution < -0.4 is 5.32 Å². The molecule has 82 valence electrons. The summed E-state index contributed by atoms with van der Waals surface area (Å²) in [6, 6.07) is 0. The van der Waals surface area contributed by atoms with Crippen LogP contribution in [0.3, 0.4) is 0 Å². The zero-order valence-electron chi connectivity index (χ0n) is 8.29. The van der Waals surface area contributed by atoms with Crippen molar-refractivity contribution < 1.29 is 9.90 Å². The highest BCUT2D eigenvalue weighted by Gasteiger charge is 2.38. The van der Waals surface area contributed by atoms with Gasteiger partial charge in [0.25, 0.3) is 0 Å². The summed E-state index contributed by atoms with van der Waals surface area (Å²) in [7, 11) is 0. The van der Waals surface area contributed by atoms with Crippen LogP contribution in [0.25, 0.3) is 0 Å². The van der Waals surface area contributed by atoms with Gasteiger partial charge in [0, 0.05) is 5.54 Å². The number of nitrogens with one attached hydrogen (secondary N) is 1. The van der Waals surface area contributed by atoms with Crippen LogP contribution in [0, 0.1) is 5.92 Å². The first-order valence-electron chi connectivity index (χ1n) is 5.20. The summed E-state index contributed by atoms with van der Waals surface area (Å²) in [4.78, 5) is 10.7. The van der Waals surface area contributed by atoms with E-state index in [1.54, 1.807) is 0 Å². The smallest absolute Gasteiger partial charge is 0.306 e. The molecule has 0 bridgehead atoms. The van der Waals surface area contributed by atoms with Crippen molar-refractivity contribution in [2.75, 3.05) is 6.54 Å². The Morgan fingerprint density at radius 1 is 1.29 bits per heavy atom. The summed E-state index contributed by atoms with van der Waals surface area (Å²) in [5.41, 5.74) is 0.325. The minimum absolute atomic E-state index is 0. The summed E-state index contributed by atoms with van der Waals surface area (Å²) in [6.45, 7) is 1.12. The Bertz CT molecular complexity index is 204. The molecule has 2 rings (SSSR count). The number of aliphatic carboxylic acids is 1. The zero-order valence-corrected chi connectivity index (χ0v) is 9.11. The molecule has 0 aromatic carbocycles. The lowest BCUT2D eigenvalue weighted by molar-refractivity contribution is -0.143. The monoisotopic (exact) mass is 219 g/mol. The molecular weight excluding hydrogens is 202 g/mol. The fourth-order valence-corrected chi connectivity index (χ4v) is 2.71. The largest absolute Gasteiger partial charge is 0.481 e. The van der Waals surface area contributed by atoms with E-state index in [9.17, 15) is 4.79 Å². The van der Waals surface area contributed by atoms with Gasteiger partial charge in [-0.25, -0.2) is 0 Å². The third-order valence-electron chi connectivity index (χ3n) is 3.62. The molecule has 1 aliphatic carbocycles. The average Bonchev–Trinajstić information content (AvgIpc) is 2.54.